The van der Waals surface area contributed by atoms with Crippen LogP contribution in [0, 0.1) is 0 Å². The number of nitrogens with zero attached hydrogens (tertiary/aromatic N) is 4. The van der Waals surface area contributed by atoms with Gasteiger partial charge in [-0.1, -0.05) is 42.5 Å². The monoisotopic (exact) mass is 393 g/mol. The lowest BCUT2D eigenvalue weighted by Gasteiger charge is -2.32. The number of tetrazole rings is 1. The van der Waals surface area contributed by atoms with E-state index in [1.807, 2.05) is 54.6 Å². The smallest absolute Gasteiger partial charge is 0.224 e. The summed E-state index contributed by atoms with van der Waals surface area (Å²) in [6, 6.07) is 17.4. The molecule has 150 valence electrons. The molecule has 0 aliphatic carbocycles. The first-order chi connectivity index (χ1) is 14.3. The van der Waals surface area contributed by atoms with E-state index in [-0.39, 0.29) is 24.5 Å². The summed E-state index contributed by atoms with van der Waals surface area (Å²) in [5, 5.41) is 14.2. The van der Waals surface area contributed by atoms with Crippen molar-refractivity contribution in [2.24, 2.45) is 0 Å². The zero-order valence-electron chi connectivity index (χ0n) is 16.0. The molecule has 1 aliphatic heterocycles. The summed E-state index contributed by atoms with van der Waals surface area (Å²) < 4.78 is 13.2. The summed E-state index contributed by atoms with van der Waals surface area (Å²) >= 11 is 0. The Morgan fingerprint density at radius 1 is 1.14 bits per heavy atom. The van der Waals surface area contributed by atoms with Crippen molar-refractivity contribution < 1.29 is 14.3 Å². The highest BCUT2D eigenvalue weighted by Gasteiger charge is 2.28. The minimum atomic E-state index is -0.152. The molecule has 2 aromatic carbocycles. The predicted molar refractivity (Wildman–Crippen MR) is 105 cm³/mol. The number of benzene rings is 2. The van der Waals surface area contributed by atoms with Crippen molar-refractivity contribution in [1.82, 2.24) is 25.5 Å². The first-order valence-corrected chi connectivity index (χ1v) is 9.63. The second-order valence-corrected chi connectivity index (χ2v) is 6.97. The molecule has 2 atom stereocenters. The maximum absolute atomic E-state index is 12.6. The van der Waals surface area contributed by atoms with Crippen LogP contribution in [0.3, 0.4) is 0 Å². The van der Waals surface area contributed by atoms with E-state index in [2.05, 4.69) is 20.8 Å². The van der Waals surface area contributed by atoms with Gasteiger partial charge in [-0.05, 0) is 40.1 Å². The van der Waals surface area contributed by atoms with Crippen LogP contribution in [0.25, 0.3) is 5.69 Å². The highest BCUT2D eigenvalue weighted by Crippen LogP contribution is 2.15. The van der Waals surface area contributed by atoms with Crippen LogP contribution in [0.1, 0.15) is 17.5 Å². The highest BCUT2D eigenvalue weighted by molar-refractivity contribution is 5.79. The third kappa shape index (κ3) is 5.24. The maximum Gasteiger partial charge on any atom is 0.224 e. The molecular weight excluding hydrogens is 370 g/mol. The normalized spacial score (nSPS) is 19.0. The van der Waals surface area contributed by atoms with E-state index >= 15 is 0 Å². The third-order valence-corrected chi connectivity index (χ3v) is 4.86. The number of ether oxygens (including phenoxy) is 2. The first kappa shape index (κ1) is 19.2. The molecule has 1 fully saturated rings. The SMILES string of the molecule is O=C(Cc1ccc(-n2cnnn2)cc1)N[C@@H]1COCC[C@@H]1OCc1ccccc1. The molecule has 3 aromatic rings. The van der Waals surface area contributed by atoms with Crippen molar-refractivity contribution in [3.05, 3.63) is 72.1 Å². The van der Waals surface area contributed by atoms with Gasteiger partial charge in [-0.2, -0.15) is 0 Å². The van der Waals surface area contributed by atoms with Crippen LogP contribution in [0.5, 0.6) is 0 Å². The fourth-order valence-corrected chi connectivity index (χ4v) is 3.32. The highest BCUT2D eigenvalue weighted by atomic mass is 16.5. The number of hydrogen-bond donors (Lipinski definition) is 1. The van der Waals surface area contributed by atoms with Crippen molar-refractivity contribution in [2.75, 3.05) is 13.2 Å². The lowest BCUT2D eigenvalue weighted by Crippen LogP contribution is -2.50. The maximum atomic E-state index is 12.6. The van der Waals surface area contributed by atoms with Crippen LogP contribution < -0.4 is 5.32 Å². The van der Waals surface area contributed by atoms with Crippen molar-refractivity contribution in [3.8, 4) is 5.69 Å². The van der Waals surface area contributed by atoms with Crippen molar-refractivity contribution in [3.63, 3.8) is 0 Å². The third-order valence-electron chi connectivity index (χ3n) is 4.86. The Balaban J connectivity index is 1.31. The fourth-order valence-electron chi connectivity index (χ4n) is 3.32. The summed E-state index contributed by atoms with van der Waals surface area (Å²) in [4.78, 5) is 12.6. The molecule has 2 heterocycles. The standard InChI is InChI=1S/C21H23N5O3/c27-21(12-16-6-8-18(9-7-16)26-15-22-24-25-26)23-19-14-28-11-10-20(19)29-13-17-4-2-1-3-5-17/h1-9,15,19-20H,10-14H2,(H,23,27)/t19-,20+/m1/s1. The zero-order valence-corrected chi connectivity index (χ0v) is 16.0. The van der Waals surface area contributed by atoms with E-state index in [1.165, 1.54) is 6.33 Å². The number of hydrogen-bond acceptors (Lipinski definition) is 6. The van der Waals surface area contributed by atoms with Gasteiger partial charge in [-0.25, -0.2) is 4.68 Å². The molecule has 0 unspecified atom stereocenters. The molecule has 1 amide bonds. The summed E-state index contributed by atoms with van der Waals surface area (Å²) in [5.41, 5.74) is 2.87. The van der Waals surface area contributed by atoms with Gasteiger partial charge in [0.05, 0.1) is 37.5 Å². The molecule has 1 aromatic heterocycles. The van der Waals surface area contributed by atoms with Crippen LogP contribution in [0.2, 0.25) is 0 Å². The minimum absolute atomic E-state index is 0.0519. The molecular formula is C21H23N5O3. The predicted octanol–water partition coefficient (Wildman–Crippen LogP) is 1.70. The summed E-state index contributed by atoms with van der Waals surface area (Å²) in [7, 11) is 0. The second-order valence-electron chi connectivity index (χ2n) is 6.97. The van der Waals surface area contributed by atoms with Crippen LogP contribution in [-0.2, 0) is 27.3 Å². The van der Waals surface area contributed by atoms with Gasteiger partial charge in [0.15, 0.2) is 0 Å². The van der Waals surface area contributed by atoms with Gasteiger partial charge in [0.25, 0.3) is 0 Å². The quantitative estimate of drug-likeness (QED) is 0.657. The average Bonchev–Trinajstić information content (AvgIpc) is 3.29. The number of carbonyl (C=O) groups is 1. The van der Waals surface area contributed by atoms with Gasteiger partial charge in [-0.15, -0.1) is 5.10 Å². The van der Waals surface area contributed by atoms with Gasteiger partial charge >= 0.3 is 0 Å². The molecule has 0 spiro atoms. The number of amides is 1. The molecule has 1 N–H and O–H groups in total. The van der Waals surface area contributed by atoms with E-state index in [4.69, 9.17) is 9.47 Å². The van der Waals surface area contributed by atoms with Crippen LogP contribution >= 0.6 is 0 Å². The van der Waals surface area contributed by atoms with E-state index in [0.717, 1.165) is 23.2 Å². The van der Waals surface area contributed by atoms with Crippen LogP contribution in [0.15, 0.2) is 60.9 Å². The van der Waals surface area contributed by atoms with E-state index in [9.17, 15) is 4.79 Å². The molecule has 1 aliphatic rings. The molecule has 29 heavy (non-hydrogen) atoms. The Labute approximate surface area is 168 Å². The Kier molecular flexibility index (Phi) is 6.23. The molecule has 1 saturated heterocycles. The van der Waals surface area contributed by atoms with Crippen molar-refractivity contribution in [2.45, 2.75) is 31.6 Å². The van der Waals surface area contributed by atoms with Gasteiger partial charge in [0.2, 0.25) is 5.91 Å². The first-order valence-electron chi connectivity index (χ1n) is 9.63. The number of rotatable bonds is 7. The van der Waals surface area contributed by atoms with Gasteiger partial charge in [0.1, 0.15) is 6.33 Å². The lowest BCUT2D eigenvalue weighted by atomic mass is 10.1. The van der Waals surface area contributed by atoms with E-state index in [1.54, 1.807) is 4.68 Å². The molecule has 4 rings (SSSR count). The van der Waals surface area contributed by atoms with Crippen molar-refractivity contribution >= 4 is 5.91 Å². The number of nitrogens with one attached hydrogen (secondary N) is 1. The van der Waals surface area contributed by atoms with Gasteiger partial charge < -0.3 is 14.8 Å². The van der Waals surface area contributed by atoms with E-state index in [0.29, 0.717) is 19.8 Å². The average molecular weight is 393 g/mol. The summed E-state index contributed by atoms with van der Waals surface area (Å²) in [5.74, 6) is -0.0519. The zero-order chi connectivity index (χ0) is 19.9. The summed E-state index contributed by atoms with van der Waals surface area (Å²) in [6.07, 6.45) is 2.52. The largest absolute Gasteiger partial charge is 0.379 e. The lowest BCUT2D eigenvalue weighted by molar-refractivity contribution is -0.125. The molecule has 0 bridgehead atoms. The minimum Gasteiger partial charge on any atom is -0.379 e. The Morgan fingerprint density at radius 3 is 2.72 bits per heavy atom. The Hall–Kier alpha value is -3.10. The van der Waals surface area contributed by atoms with Crippen LogP contribution in [-0.4, -0.2) is 51.5 Å². The Bertz CT molecular complexity index is 900. The Morgan fingerprint density at radius 2 is 1.97 bits per heavy atom. The van der Waals surface area contributed by atoms with Gasteiger partial charge in [-0.3, -0.25) is 4.79 Å². The van der Waals surface area contributed by atoms with Crippen LogP contribution in [0.4, 0.5) is 0 Å². The second kappa shape index (κ2) is 9.40. The molecule has 0 radical (unpaired) electrons. The molecule has 8 nitrogen and oxygen atoms in total. The number of carbonyl (C=O) groups excluding carboxylic acids is 1. The van der Waals surface area contributed by atoms with Gasteiger partial charge in [0, 0.05) is 6.61 Å². The van der Waals surface area contributed by atoms with E-state index < -0.39 is 0 Å². The summed E-state index contributed by atoms with van der Waals surface area (Å²) in [6.45, 7) is 1.63. The molecule has 8 heteroatoms. The molecule has 0 saturated carbocycles. The number of aromatic nitrogens is 4. The fraction of sp³-hybridized carbons (Fsp3) is 0.333. The van der Waals surface area contributed by atoms with Crippen molar-refractivity contribution in [1.29, 1.82) is 0 Å². The topological polar surface area (TPSA) is 91.2 Å².